The highest BCUT2D eigenvalue weighted by molar-refractivity contribution is 5.80. The van der Waals surface area contributed by atoms with Gasteiger partial charge in [0.15, 0.2) is 5.96 Å². The zero-order valence-corrected chi connectivity index (χ0v) is 15.5. The molecule has 1 aromatic heterocycles. The van der Waals surface area contributed by atoms with Crippen LogP contribution in [0.25, 0.3) is 0 Å². The molecule has 1 aliphatic heterocycles. The first kappa shape index (κ1) is 18.8. The molecule has 8 heteroatoms. The first-order valence-electron chi connectivity index (χ1n) is 8.55. The van der Waals surface area contributed by atoms with Gasteiger partial charge in [-0.3, -0.25) is 4.99 Å². The average molecular weight is 348 g/mol. The monoisotopic (exact) mass is 348 g/mol. The van der Waals surface area contributed by atoms with Crippen molar-refractivity contribution < 1.29 is 9.53 Å². The summed E-state index contributed by atoms with van der Waals surface area (Å²) in [6, 6.07) is 3.99. The van der Waals surface area contributed by atoms with Crippen LogP contribution in [-0.4, -0.2) is 80.8 Å². The maximum atomic E-state index is 11.8. The molecule has 25 heavy (non-hydrogen) atoms. The number of anilines is 1. The van der Waals surface area contributed by atoms with Crippen molar-refractivity contribution in [2.45, 2.75) is 13.5 Å². The Kier molecular flexibility index (Phi) is 6.85. The van der Waals surface area contributed by atoms with E-state index in [0.717, 1.165) is 30.4 Å². The molecule has 0 radical (unpaired) electrons. The van der Waals surface area contributed by atoms with Crippen molar-refractivity contribution in [2.75, 3.05) is 58.8 Å². The van der Waals surface area contributed by atoms with Gasteiger partial charge in [0.1, 0.15) is 5.82 Å². The van der Waals surface area contributed by atoms with Crippen LogP contribution in [0.2, 0.25) is 0 Å². The van der Waals surface area contributed by atoms with E-state index >= 15 is 0 Å². The fraction of sp³-hybridized carbons (Fsp3) is 0.588. The normalized spacial score (nSPS) is 15.1. The van der Waals surface area contributed by atoms with Gasteiger partial charge in [-0.25, -0.2) is 9.78 Å². The lowest BCUT2D eigenvalue weighted by Crippen LogP contribution is -2.53. The van der Waals surface area contributed by atoms with Gasteiger partial charge in [0.25, 0.3) is 0 Å². The van der Waals surface area contributed by atoms with E-state index in [1.807, 2.05) is 32.0 Å². The molecular weight excluding hydrogens is 320 g/mol. The number of carbonyl (C=O) groups is 1. The summed E-state index contributed by atoms with van der Waals surface area (Å²) < 4.78 is 5.06. The van der Waals surface area contributed by atoms with Gasteiger partial charge < -0.3 is 24.8 Å². The Morgan fingerprint density at radius 3 is 2.60 bits per heavy atom. The number of guanidine groups is 1. The minimum atomic E-state index is -0.240. The molecule has 1 aliphatic rings. The van der Waals surface area contributed by atoms with E-state index in [-0.39, 0.29) is 6.09 Å². The zero-order chi connectivity index (χ0) is 18.2. The zero-order valence-electron chi connectivity index (χ0n) is 15.5. The van der Waals surface area contributed by atoms with Crippen LogP contribution in [-0.2, 0) is 11.3 Å². The average Bonchev–Trinajstić information content (AvgIpc) is 2.63. The minimum Gasteiger partial charge on any atom is -0.450 e. The SMILES string of the molecule is CCOC(=O)N1CCN(C(=NC)NCc2cccnc2N(C)C)CC1. The van der Waals surface area contributed by atoms with Gasteiger partial charge in [-0.05, 0) is 13.0 Å². The number of piperazine rings is 1. The third-order valence-electron chi connectivity index (χ3n) is 4.05. The Balaban J connectivity index is 1.91. The largest absolute Gasteiger partial charge is 0.450 e. The fourth-order valence-electron chi connectivity index (χ4n) is 2.79. The van der Waals surface area contributed by atoms with Crippen molar-refractivity contribution in [3.63, 3.8) is 0 Å². The van der Waals surface area contributed by atoms with E-state index in [0.29, 0.717) is 26.2 Å². The highest BCUT2D eigenvalue weighted by atomic mass is 16.6. The predicted molar refractivity (Wildman–Crippen MR) is 98.9 cm³/mol. The van der Waals surface area contributed by atoms with E-state index in [1.54, 1.807) is 18.1 Å². The number of pyridine rings is 1. The fourth-order valence-corrected chi connectivity index (χ4v) is 2.79. The number of carbonyl (C=O) groups excluding carboxylic acids is 1. The van der Waals surface area contributed by atoms with Crippen molar-refractivity contribution in [3.05, 3.63) is 23.9 Å². The topological polar surface area (TPSA) is 73.3 Å². The number of hydrogen-bond acceptors (Lipinski definition) is 5. The molecule has 0 unspecified atom stereocenters. The molecular formula is C17H28N6O2. The number of aromatic nitrogens is 1. The molecule has 0 saturated carbocycles. The Labute approximate surface area is 149 Å². The van der Waals surface area contributed by atoms with Crippen LogP contribution in [0.15, 0.2) is 23.3 Å². The number of ether oxygens (including phenoxy) is 1. The molecule has 2 rings (SSSR count). The highest BCUT2D eigenvalue weighted by Crippen LogP contribution is 2.14. The number of hydrogen-bond donors (Lipinski definition) is 1. The van der Waals surface area contributed by atoms with Gasteiger partial charge in [-0.2, -0.15) is 0 Å². The maximum Gasteiger partial charge on any atom is 0.409 e. The standard InChI is InChI=1S/C17H28N6O2/c1-5-25-17(24)23-11-9-22(10-12-23)16(18-2)20-13-14-7-6-8-19-15(14)21(3)4/h6-8H,5,9-13H2,1-4H3,(H,18,20). The molecule has 1 amide bonds. The van der Waals surface area contributed by atoms with Gasteiger partial charge in [-0.1, -0.05) is 6.07 Å². The molecule has 1 fully saturated rings. The van der Waals surface area contributed by atoms with Crippen molar-refractivity contribution >= 4 is 17.9 Å². The number of nitrogens with zero attached hydrogens (tertiary/aromatic N) is 5. The lowest BCUT2D eigenvalue weighted by molar-refractivity contribution is 0.0914. The van der Waals surface area contributed by atoms with Crippen LogP contribution in [0.3, 0.4) is 0 Å². The summed E-state index contributed by atoms with van der Waals surface area (Å²) in [6.07, 6.45) is 1.55. The minimum absolute atomic E-state index is 0.240. The number of amides is 1. The Bertz CT molecular complexity index is 597. The molecule has 1 N–H and O–H groups in total. The molecule has 1 saturated heterocycles. The number of nitrogens with one attached hydrogen (secondary N) is 1. The first-order valence-corrected chi connectivity index (χ1v) is 8.55. The molecule has 2 heterocycles. The second kappa shape index (κ2) is 9.10. The van der Waals surface area contributed by atoms with E-state index in [2.05, 4.69) is 26.3 Å². The van der Waals surface area contributed by atoms with Gasteiger partial charge in [0.2, 0.25) is 0 Å². The van der Waals surface area contributed by atoms with Crippen LogP contribution < -0.4 is 10.2 Å². The summed E-state index contributed by atoms with van der Waals surface area (Å²) in [5.74, 6) is 1.77. The molecule has 0 aromatic carbocycles. The summed E-state index contributed by atoms with van der Waals surface area (Å²) in [5, 5.41) is 3.39. The van der Waals surface area contributed by atoms with E-state index in [9.17, 15) is 4.79 Å². The van der Waals surface area contributed by atoms with Crippen LogP contribution in [0.4, 0.5) is 10.6 Å². The van der Waals surface area contributed by atoms with Crippen molar-refractivity contribution in [1.82, 2.24) is 20.1 Å². The van der Waals surface area contributed by atoms with Crippen molar-refractivity contribution in [3.8, 4) is 0 Å². The van der Waals surface area contributed by atoms with E-state index in [1.165, 1.54) is 0 Å². The van der Waals surface area contributed by atoms with Crippen LogP contribution >= 0.6 is 0 Å². The van der Waals surface area contributed by atoms with Gasteiger partial charge in [0.05, 0.1) is 6.61 Å². The smallest absolute Gasteiger partial charge is 0.409 e. The first-order chi connectivity index (χ1) is 12.1. The Morgan fingerprint density at radius 1 is 1.32 bits per heavy atom. The molecule has 0 spiro atoms. The third kappa shape index (κ3) is 4.98. The Morgan fingerprint density at radius 2 is 2.00 bits per heavy atom. The summed E-state index contributed by atoms with van der Waals surface area (Å²) in [5.41, 5.74) is 1.11. The summed E-state index contributed by atoms with van der Waals surface area (Å²) >= 11 is 0. The number of rotatable bonds is 4. The molecule has 138 valence electrons. The molecule has 8 nitrogen and oxygen atoms in total. The predicted octanol–water partition coefficient (Wildman–Crippen LogP) is 0.997. The summed E-state index contributed by atoms with van der Waals surface area (Å²) in [7, 11) is 5.74. The van der Waals surface area contributed by atoms with Gasteiger partial charge in [0, 0.05) is 65.6 Å². The second-order valence-electron chi connectivity index (χ2n) is 5.95. The van der Waals surface area contributed by atoms with Crippen LogP contribution in [0, 0.1) is 0 Å². The second-order valence-corrected chi connectivity index (χ2v) is 5.95. The highest BCUT2D eigenvalue weighted by Gasteiger charge is 2.23. The summed E-state index contributed by atoms with van der Waals surface area (Å²) in [6.45, 7) is 5.59. The van der Waals surface area contributed by atoms with E-state index in [4.69, 9.17) is 4.74 Å². The Hall–Kier alpha value is -2.51. The van der Waals surface area contributed by atoms with Crippen LogP contribution in [0.1, 0.15) is 12.5 Å². The quantitative estimate of drug-likeness (QED) is 0.646. The number of aliphatic imine (C=N–C) groups is 1. The lowest BCUT2D eigenvalue weighted by Gasteiger charge is -2.36. The third-order valence-corrected chi connectivity index (χ3v) is 4.05. The molecule has 0 atom stereocenters. The summed E-state index contributed by atoms with van der Waals surface area (Å²) in [4.78, 5) is 26.5. The molecule has 1 aromatic rings. The lowest BCUT2D eigenvalue weighted by atomic mass is 10.2. The van der Waals surface area contributed by atoms with Gasteiger partial charge in [-0.15, -0.1) is 0 Å². The van der Waals surface area contributed by atoms with Crippen molar-refractivity contribution in [2.24, 2.45) is 4.99 Å². The maximum absolute atomic E-state index is 11.8. The van der Waals surface area contributed by atoms with Crippen LogP contribution in [0.5, 0.6) is 0 Å². The molecule has 0 bridgehead atoms. The van der Waals surface area contributed by atoms with Crippen molar-refractivity contribution in [1.29, 1.82) is 0 Å². The molecule has 0 aliphatic carbocycles. The van der Waals surface area contributed by atoms with E-state index < -0.39 is 0 Å². The van der Waals surface area contributed by atoms with Gasteiger partial charge >= 0.3 is 6.09 Å².